The number of carbonyl (C=O) groups is 1. The van der Waals surface area contributed by atoms with Crippen molar-refractivity contribution in [2.75, 3.05) is 13.1 Å². The molecule has 18 heavy (non-hydrogen) atoms. The van der Waals surface area contributed by atoms with Crippen molar-refractivity contribution < 1.29 is 4.79 Å². The molecule has 1 heterocycles. The SMILES string of the molecule is CCC1(C(=O)CCC(C)C)CCN(C(C)C)CC1. The van der Waals surface area contributed by atoms with Crippen LogP contribution in [0.25, 0.3) is 0 Å². The first-order valence-electron chi connectivity index (χ1n) is 7.68. The lowest BCUT2D eigenvalue weighted by Crippen LogP contribution is -2.46. The predicted octanol–water partition coefficient (Wildman–Crippen LogP) is 3.89. The maximum Gasteiger partial charge on any atom is 0.139 e. The van der Waals surface area contributed by atoms with E-state index in [-0.39, 0.29) is 5.41 Å². The number of carbonyl (C=O) groups excluding carboxylic acids is 1. The molecule has 1 aliphatic heterocycles. The molecule has 0 spiro atoms. The van der Waals surface area contributed by atoms with E-state index in [2.05, 4.69) is 39.5 Å². The topological polar surface area (TPSA) is 20.3 Å². The Kier molecular flexibility index (Phi) is 5.84. The Hall–Kier alpha value is -0.370. The van der Waals surface area contributed by atoms with Crippen LogP contribution in [0.15, 0.2) is 0 Å². The second kappa shape index (κ2) is 6.70. The van der Waals surface area contributed by atoms with E-state index in [1.807, 2.05) is 0 Å². The van der Waals surface area contributed by atoms with Gasteiger partial charge in [0.2, 0.25) is 0 Å². The van der Waals surface area contributed by atoms with Crippen LogP contribution in [0.3, 0.4) is 0 Å². The third-order valence-corrected chi connectivity index (χ3v) is 4.70. The molecular formula is C16H31NO. The van der Waals surface area contributed by atoms with Gasteiger partial charge in [0.05, 0.1) is 0 Å². The molecule has 1 aliphatic rings. The monoisotopic (exact) mass is 253 g/mol. The minimum absolute atomic E-state index is 0.000278. The van der Waals surface area contributed by atoms with Crippen molar-refractivity contribution in [1.29, 1.82) is 0 Å². The van der Waals surface area contributed by atoms with Gasteiger partial charge in [-0.15, -0.1) is 0 Å². The van der Waals surface area contributed by atoms with Gasteiger partial charge in [-0.2, -0.15) is 0 Å². The summed E-state index contributed by atoms with van der Waals surface area (Å²) in [5.41, 5.74) is 0.000278. The molecule has 1 saturated heterocycles. The van der Waals surface area contributed by atoms with Crippen molar-refractivity contribution >= 4 is 5.78 Å². The van der Waals surface area contributed by atoms with Crippen molar-refractivity contribution in [2.24, 2.45) is 11.3 Å². The fraction of sp³-hybridized carbons (Fsp3) is 0.938. The standard InChI is InChI=1S/C16H31NO/c1-6-16(15(18)8-7-13(2)3)9-11-17(12-10-16)14(4)5/h13-14H,6-12H2,1-5H3. The first-order chi connectivity index (χ1) is 8.41. The molecule has 0 radical (unpaired) electrons. The summed E-state index contributed by atoms with van der Waals surface area (Å²) in [5.74, 6) is 1.17. The smallest absolute Gasteiger partial charge is 0.139 e. The number of hydrogen-bond donors (Lipinski definition) is 0. The summed E-state index contributed by atoms with van der Waals surface area (Å²) in [7, 11) is 0. The molecular weight excluding hydrogens is 222 g/mol. The second-order valence-electron chi connectivity index (χ2n) is 6.62. The summed E-state index contributed by atoms with van der Waals surface area (Å²) in [6.45, 7) is 13.3. The highest BCUT2D eigenvalue weighted by Gasteiger charge is 2.39. The number of nitrogens with zero attached hydrogens (tertiary/aromatic N) is 1. The van der Waals surface area contributed by atoms with Gasteiger partial charge in [-0.3, -0.25) is 4.79 Å². The van der Waals surface area contributed by atoms with Crippen LogP contribution in [0, 0.1) is 11.3 Å². The highest BCUT2D eigenvalue weighted by Crippen LogP contribution is 2.37. The lowest BCUT2D eigenvalue weighted by molar-refractivity contribution is -0.132. The van der Waals surface area contributed by atoms with Gasteiger partial charge in [-0.25, -0.2) is 0 Å². The normalized spacial score (nSPS) is 20.6. The van der Waals surface area contributed by atoms with E-state index in [9.17, 15) is 4.79 Å². The summed E-state index contributed by atoms with van der Waals surface area (Å²) >= 11 is 0. The summed E-state index contributed by atoms with van der Waals surface area (Å²) in [6, 6.07) is 0.616. The van der Waals surface area contributed by atoms with Crippen LogP contribution in [0.4, 0.5) is 0 Å². The zero-order valence-electron chi connectivity index (χ0n) is 13.0. The first kappa shape index (κ1) is 15.7. The highest BCUT2D eigenvalue weighted by molar-refractivity contribution is 5.84. The number of ketones is 1. The first-order valence-corrected chi connectivity index (χ1v) is 7.68. The van der Waals surface area contributed by atoms with Crippen LogP contribution >= 0.6 is 0 Å². The van der Waals surface area contributed by atoms with Crippen molar-refractivity contribution in [3.8, 4) is 0 Å². The third kappa shape index (κ3) is 3.81. The van der Waals surface area contributed by atoms with Gasteiger partial charge in [0.15, 0.2) is 0 Å². The van der Waals surface area contributed by atoms with Crippen LogP contribution in [0.2, 0.25) is 0 Å². The molecule has 106 valence electrons. The lowest BCUT2D eigenvalue weighted by atomic mass is 9.71. The quantitative estimate of drug-likeness (QED) is 0.715. The second-order valence-corrected chi connectivity index (χ2v) is 6.62. The summed E-state index contributed by atoms with van der Waals surface area (Å²) < 4.78 is 0. The molecule has 0 aromatic heterocycles. The Labute approximate surface area is 113 Å². The molecule has 0 amide bonds. The van der Waals surface area contributed by atoms with Crippen molar-refractivity contribution in [2.45, 2.75) is 72.8 Å². The Bertz CT molecular complexity index is 262. The van der Waals surface area contributed by atoms with E-state index >= 15 is 0 Å². The number of hydrogen-bond acceptors (Lipinski definition) is 2. The van der Waals surface area contributed by atoms with E-state index in [1.54, 1.807) is 0 Å². The summed E-state index contributed by atoms with van der Waals surface area (Å²) in [6.07, 6.45) is 4.99. The van der Waals surface area contributed by atoms with Gasteiger partial charge in [0.25, 0.3) is 0 Å². The summed E-state index contributed by atoms with van der Waals surface area (Å²) in [5, 5.41) is 0. The van der Waals surface area contributed by atoms with Crippen molar-refractivity contribution in [3.63, 3.8) is 0 Å². The predicted molar refractivity (Wildman–Crippen MR) is 77.7 cm³/mol. The highest BCUT2D eigenvalue weighted by atomic mass is 16.1. The van der Waals surface area contributed by atoms with Gasteiger partial charge in [-0.1, -0.05) is 20.8 Å². The van der Waals surface area contributed by atoms with Crippen LogP contribution < -0.4 is 0 Å². The Balaban J connectivity index is 2.57. The average Bonchev–Trinajstić information content (AvgIpc) is 2.35. The number of piperidine rings is 1. The molecule has 0 aliphatic carbocycles. The van der Waals surface area contributed by atoms with Crippen LogP contribution in [-0.2, 0) is 4.79 Å². The minimum atomic E-state index is 0.000278. The molecule has 1 fully saturated rings. The fourth-order valence-corrected chi connectivity index (χ4v) is 2.98. The van der Waals surface area contributed by atoms with E-state index in [4.69, 9.17) is 0 Å². The van der Waals surface area contributed by atoms with Gasteiger partial charge >= 0.3 is 0 Å². The van der Waals surface area contributed by atoms with E-state index in [1.165, 1.54) is 0 Å². The van der Waals surface area contributed by atoms with Crippen molar-refractivity contribution in [3.05, 3.63) is 0 Å². The van der Waals surface area contributed by atoms with Crippen molar-refractivity contribution in [1.82, 2.24) is 4.90 Å². The number of likely N-dealkylation sites (tertiary alicyclic amines) is 1. The van der Waals surface area contributed by atoms with Gasteiger partial charge in [-0.05, 0) is 58.5 Å². The summed E-state index contributed by atoms with van der Waals surface area (Å²) in [4.78, 5) is 15.0. The molecule has 0 bridgehead atoms. The van der Waals surface area contributed by atoms with E-state index < -0.39 is 0 Å². The fourth-order valence-electron chi connectivity index (χ4n) is 2.98. The zero-order chi connectivity index (χ0) is 13.8. The molecule has 0 aromatic rings. The molecule has 0 saturated carbocycles. The molecule has 2 heteroatoms. The van der Waals surface area contributed by atoms with E-state index in [0.29, 0.717) is 17.7 Å². The molecule has 2 nitrogen and oxygen atoms in total. The third-order valence-electron chi connectivity index (χ3n) is 4.70. The molecule has 0 aromatic carbocycles. The maximum atomic E-state index is 12.5. The Morgan fingerprint density at radius 3 is 2.11 bits per heavy atom. The zero-order valence-corrected chi connectivity index (χ0v) is 13.0. The van der Waals surface area contributed by atoms with E-state index in [0.717, 1.165) is 45.2 Å². The Morgan fingerprint density at radius 2 is 1.72 bits per heavy atom. The van der Waals surface area contributed by atoms with Gasteiger partial charge in [0, 0.05) is 17.9 Å². The van der Waals surface area contributed by atoms with Crippen LogP contribution in [0.1, 0.15) is 66.7 Å². The lowest BCUT2D eigenvalue weighted by Gasteiger charge is -2.42. The Morgan fingerprint density at radius 1 is 1.17 bits per heavy atom. The maximum absolute atomic E-state index is 12.5. The average molecular weight is 253 g/mol. The molecule has 0 N–H and O–H groups in total. The van der Waals surface area contributed by atoms with Gasteiger partial charge in [0.1, 0.15) is 5.78 Å². The molecule has 1 rings (SSSR count). The largest absolute Gasteiger partial charge is 0.301 e. The van der Waals surface area contributed by atoms with Crippen LogP contribution in [-0.4, -0.2) is 29.8 Å². The molecule has 0 unspecified atom stereocenters. The number of rotatable bonds is 6. The van der Waals surface area contributed by atoms with Gasteiger partial charge < -0.3 is 4.90 Å². The molecule has 0 atom stereocenters. The minimum Gasteiger partial charge on any atom is -0.301 e. The number of Topliss-reactive ketones (excluding diaryl/α,β-unsaturated/α-hetero) is 1. The van der Waals surface area contributed by atoms with Crippen LogP contribution in [0.5, 0.6) is 0 Å².